The summed E-state index contributed by atoms with van der Waals surface area (Å²) in [4.78, 5) is 0. The summed E-state index contributed by atoms with van der Waals surface area (Å²) in [6, 6.07) is 0. The molecule has 1 rings (SSSR count). The summed E-state index contributed by atoms with van der Waals surface area (Å²) in [5, 5.41) is 0. The molecule has 0 radical (unpaired) electrons. The molecular formula is C6H12O2. The summed E-state index contributed by atoms with van der Waals surface area (Å²) < 4.78 is 10.4. The zero-order chi connectivity index (χ0) is 5.82. The SMILES string of the molecule is CCO[C@@H]1CCOC1. The van der Waals surface area contributed by atoms with Crippen LogP contribution < -0.4 is 0 Å². The summed E-state index contributed by atoms with van der Waals surface area (Å²) >= 11 is 0. The van der Waals surface area contributed by atoms with Gasteiger partial charge in [0.25, 0.3) is 0 Å². The van der Waals surface area contributed by atoms with E-state index < -0.39 is 0 Å². The van der Waals surface area contributed by atoms with Crippen LogP contribution in [0.1, 0.15) is 13.3 Å². The van der Waals surface area contributed by atoms with Crippen molar-refractivity contribution in [2.45, 2.75) is 19.4 Å². The van der Waals surface area contributed by atoms with Crippen LogP contribution in [0.5, 0.6) is 0 Å². The predicted molar refractivity (Wildman–Crippen MR) is 30.8 cm³/mol. The second-order valence-corrected chi connectivity index (χ2v) is 1.94. The fourth-order valence-electron chi connectivity index (χ4n) is 0.880. The van der Waals surface area contributed by atoms with Gasteiger partial charge in [0, 0.05) is 13.2 Å². The van der Waals surface area contributed by atoms with E-state index in [0.29, 0.717) is 6.10 Å². The molecular weight excluding hydrogens is 104 g/mol. The minimum absolute atomic E-state index is 0.389. The third-order valence-electron chi connectivity index (χ3n) is 1.29. The first-order chi connectivity index (χ1) is 3.93. The second kappa shape index (κ2) is 3.05. The monoisotopic (exact) mass is 116 g/mol. The van der Waals surface area contributed by atoms with Crippen molar-refractivity contribution in [1.82, 2.24) is 0 Å². The lowest BCUT2D eigenvalue weighted by Gasteiger charge is -2.04. The Morgan fingerprint density at radius 1 is 1.75 bits per heavy atom. The molecule has 0 aromatic rings. The molecule has 2 nitrogen and oxygen atoms in total. The molecule has 1 heterocycles. The number of rotatable bonds is 2. The first-order valence-electron chi connectivity index (χ1n) is 3.13. The van der Waals surface area contributed by atoms with E-state index in [4.69, 9.17) is 9.47 Å². The molecule has 1 aliphatic rings. The van der Waals surface area contributed by atoms with Crippen LogP contribution in [-0.2, 0) is 9.47 Å². The van der Waals surface area contributed by atoms with Gasteiger partial charge < -0.3 is 9.47 Å². The van der Waals surface area contributed by atoms with Crippen molar-refractivity contribution in [3.8, 4) is 0 Å². The van der Waals surface area contributed by atoms with Gasteiger partial charge in [-0.2, -0.15) is 0 Å². The van der Waals surface area contributed by atoms with Crippen LogP contribution in [0.4, 0.5) is 0 Å². The molecule has 0 unspecified atom stereocenters. The molecule has 0 aromatic heterocycles. The molecule has 0 aliphatic carbocycles. The molecule has 0 saturated carbocycles. The molecule has 0 bridgehead atoms. The average molecular weight is 116 g/mol. The molecule has 0 spiro atoms. The van der Waals surface area contributed by atoms with E-state index >= 15 is 0 Å². The van der Waals surface area contributed by atoms with Crippen LogP contribution >= 0.6 is 0 Å². The van der Waals surface area contributed by atoms with Gasteiger partial charge in [-0.3, -0.25) is 0 Å². The maximum absolute atomic E-state index is 5.28. The Balaban J connectivity index is 2.06. The van der Waals surface area contributed by atoms with E-state index in [1.54, 1.807) is 0 Å². The Kier molecular flexibility index (Phi) is 2.30. The van der Waals surface area contributed by atoms with Gasteiger partial charge in [0.2, 0.25) is 0 Å². The average Bonchev–Trinajstić information content (AvgIpc) is 2.19. The van der Waals surface area contributed by atoms with E-state index in [9.17, 15) is 0 Å². The van der Waals surface area contributed by atoms with Crippen LogP contribution in [-0.4, -0.2) is 25.9 Å². The highest BCUT2D eigenvalue weighted by Crippen LogP contribution is 2.06. The second-order valence-electron chi connectivity index (χ2n) is 1.94. The van der Waals surface area contributed by atoms with Gasteiger partial charge in [-0.15, -0.1) is 0 Å². The fourth-order valence-corrected chi connectivity index (χ4v) is 0.880. The van der Waals surface area contributed by atoms with Gasteiger partial charge in [-0.25, -0.2) is 0 Å². The minimum atomic E-state index is 0.389. The van der Waals surface area contributed by atoms with Crippen molar-refractivity contribution < 1.29 is 9.47 Å². The number of ether oxygens (including phenoxy) is 2. The lowest BCUT2D eigenvalue weighted by molar-refractivity contribution is 0.0509. The Hall–Kier alpha value is -0.0800. The highest BCUT2D eigenvalue weighted by Gasteiger charge is 2.14. The van der Waals surface area contributed by atoms with Crippen molar-refractivity contribution in [1.29, 1.82) is 0 Å². The van der Waals surface area contributed by atoms with E-state index in [2.05, 4.69) is 0 Å². The molecule has 1 fully saturated rings. The van der Waals surface area contributed by atoms with Crippen molar-refractivity contribution in [2.24, 2.45) is 0 Å². The summed E-state index contributed by atoms with van der Waals surface area (Å²) in [5.41, 5.74) is 0. The summed E-state index contributed by atoms with van der Waals surface area (Å²) in [6.07, 6.45) is 1.47. The summed E-state index contributed by atoms with van der Waals surface area (Å²) in [7, 11) is 0. The van der Waals surface area contributed by atoms with Gasteiger partial charge in [0.15, 0.2) is 0 Å². The van der Waals surface area contributed by atoms with Crippen molar-refractivity contribution in [3.05, 3.63) is 0 Å². The predicted octanol–water partition coefficient (Wildman–Crippen LogP) is 0.812. The zero-order valence-corrected chi connectivity index (χ0v) is 5.22. The molecule has 1 saturated heterocycles. The zero-order valence-electron chi connectivity index (χ0n) is 5.22. The molecule has 8 heavy (non-hydrogen) atoms. The Morgan fingerprint density at radius 2 is 2.62 bits per heavy atom. The number of hydrogen-bond donors (Lipinski definition) is 0. The van der Waals surface area contributed by atoms with Crippen molar-refractivity contribution >= 4 is 0 Å². The van der Waals surface area contributed by atoms with Crippen LogP contribution in [0.15, 0.2) is 0 Å². The fraction of sp³-hybridized carbons (Fsp3) is 1.00. The van der Waals surface area contributed by atoms with Gasteiger partial charge in [0.05, 0.1) is 12.7 Å². The van der Waals surface area contributed by atoms with Crippen molar-refractivity contribution in [3.63, 3.8) is 0 Å². The van der Waals surface area contributed by atoms with E-state index in [1.807, 2.05) is 6.92 Å². The first kappa shape index (κ1) is 6.05. The van der Waals surface area contributed by atoms with Crippen LogP contribution in [0, 0.1) is 0 Å². The van der Waals surface area contributed by atoms with E-state index in [1.165, 1.54) is 0 Å². The largest absolute Gasteiger partial charge is 0.379 e. The number of hydrogen-bond acceptors (Lipinski definition) is 2. The highest BCUT2D eigenvalue weighted by molar-refractivity contribution is 4.61. The Morgan fingerprint density at radius 3 is 3.12 bits per heavy atom. The van der Waals surface area contributed by atoms with Crippen molar-refractivity contribution in [2.75, 3.05) is 19.8 Å². The molecule has 1 aliphatic heterocycles. The minimum Gasteiger partial charge on any atom is -0.379 e. The molecule has 2 heteroatoms. The van der Waals surface area contributed by atoms with Gasteiger partial charge in [-0.05, 0) is 13.3 Å². The topological polar surface area (TPSA) is 18.5 Å². The molecule has 48 valence electrons. The van der Waals surface area contributed by atoms with Crippen LogP contribution in [0.3, 0.4) is 0 Å². The third-order valence-corrected chi connectivity index (χ3v) is 1.29. The lowest BCUT2D eigenvalue weighted by atomic mass is 10.3. The summed E-state index contributed by atoms with van der Waals surface area (Å²) in [5.74, 6) is 0. The van der Waals surface area contributed by atoms with Gasteiger partial charge in [0.1, 0.15) is 0 Å². The molecule has 0 amide bonds. The third kappa shape index (κ3) is 1.46. The molecule has 0 aromatic carbocycles. The first-order valence-corrected chi connectivity index (χ1v) is 3.13. The highest BCUT2D eigenvalue weighted by atomic mass is 16.5. The van der Waals surface area contributed by atoms with Crippen LogP contribution in [0.25, 0.3) is 0 Å². The van der Waals surface area contributed by atoms with E-state index in [-0.39, 0.29) is 0 Å². The maximum atomic E-state index is 5.28. The van der Waals surface area contributed by atoms with Gasteiger partial charge in [-0.1, -0.05) is 0 Å². The molecule has 0 N–H and O–H groups in total. The normalized spacial score (nSPS) is 28.9. The Bertz CT molecular complexity index is 57.5. The van der Waals surface area contributed by atoms with Gasteiger partial charge >= 0.3 is 0 Å². The lowest BCUT2D eigenvalue weighted by Crippen LogP contribution is -2.11. The van der Waals surface area contributed by atoms with Crippen LogP contribution in [0.2, 0.25) is 0 Å². The molecule has 1 atom stereocenters. The Labute approximate surface area is 49.8 Å². The summed E-state index contributed by atoms with van der Waals surface area (Å²) in [6.45, 7) is 4.50. The standard InChI is InChI=1S/C6H12O2/c1-2-8-6-3-4-7-5-6/h6H,2-5H2,1H3/t6-/m1/s1. The van der Waals surface area contributed by atoms with E-state index in [0.717, 1.165) is 26.2 Å². The quantitative estimate of drug-likeness (QED) is 0.531. The maximum Gasteiger partial charge on any atom is 0.0830 e. The smallest absolute Gasteiger partial charge is 0.0830 e.